The summed E-state index contributed by atoms with van der Waals surface area (Å²) in [7, 11) is -14.9. The van der Waals surface area contributed by atoms with Gasteiger partial charge in [0.2, 0.25) is 0 Å². The van der Waals surface area contributed by atoms with Gasteiger partial charge in [-0.25, -0.2) is 54.6 Å². The Labute approximate surface area is 735 Å². The summed E-state index contributed by atoms with van der Waals surface area (Å²) < 4.78 is 119. The van der Waals surface area contributed by atoms with E-state index < -0.39 is 39.9 Å². The maximum absolute atomic E-state index is 13.2. The molecule has 0 bridgehead atoms. The zero-order valence-corrected chi connectivity index (χ0v) is 76.5. The fraction of sp³-hybridized carbons (Fsp3) is 0.240. The Hall–Kier alpha value is -12.8. The van der Waals surface area contributed by atoms with Crippen molar-refractivity contribution < 1.29 is 33.7 Å². The summed E-state index contributed by atoms with van der Waals surface area (Å²) in [6.45, 7) is 40.3. The van der Waals surface area contributed by atoms with Crippen molar-refractivity contribution in [1.82, 2.24) is 59.1 Å². The van der Waals surface area contributed by atoms with Gasteiger partial charge in [0.15, 0.2) is 15.7 Å². The largest absolute Gasteiger partial charge is 0.310 e. The van der Waals surface area contributed by atoms with Crippen LogP contribution in [-0.4, -0.2) is 92.7 Å². The molecule has 3 N–H and O–H groups in total. The van der Waals surface area contributed by atoms with Gasteiger partial charge >= 0.3 is 0 Å². The van der Waals surface area contributed by atoms with Crippen molar-refractivity contribution in [2.45, 2.75) is 171 Å². The van der Waals surface area contributed by atoms with Crippen LogP contribution in [0.5, 0.6) is 0 Å². The van der Waals surface area contributed by atoms with Gasteiger partial charge in [0, 0.05) is 70.7 Å². The van der Waals surface area contributed by atoms with Crippen molar-refractivity contribution in [3.8, 4) is 17.2 Å². The molecular formula is C96H99ClN16O8S4. The summed E-state index contributed by atoms with van der Waals surface area (Å²) in [6, 6.07) is 67.4. The van der Waals surface area contributed by atoms with E-state index in [2.05, 4.69) is 142 Å². The van der Waals surface area contributed by atoms with E-state index in [1.165, 1.54) is 9.36 Å². The number of benzene rings is 8. The maximum Gasteiger partial charge on any atom is 0.263 e. The average molecular weight is 1770 g/mol. The fourth-order valence-corrected chi connectivity index (χ4v) is 18.7. The van der Waals surface area contributed by atoms with E-state index in [0.29, 0.717) is 73.6 Å². The van der Waals surface area contributed by atoms with Crippen LogP contribution in [0.2, 0.25) is 5.02 Å². The summed E-state index contributed by atoms with van der Waals surface area (Å²) in [5.74, 6) is 1.40. The number of halogens is 1. The number of anilines is 3. The molecule has 8 heterocycles. The number of hydrogen-bond donors (Lipinski definition) is 3. The molecule has 24 nitrogen and oxygen atoms in total. The Morgan fingerprint density at radius 3 is 1.45 bits per heavy atom. The molecule has 0 aliphatic carbocycles. The number of hydrogen-bond acceptors (Lipinski definition) is 16. The maximum atomic E-state index is 13.2. The number of rotatable bonds is 18. The molecule has 0 spiro atoms. The van der Waals surface area contributed by atoms with Crippen molar-refractivity contribution in [3.05, 3.63) is 334 Å². The van der Waals surface area contributed by atoms with Gasteiger partial charge in [0.05, 0.1) is 82.1 Å². The highest BCUT2D eigenvalue weighted by Gasteiger charge is 2.28. The van der Waals surface area contributed by atoms with Crippen molar-refractivity contribution >= 4 is 112 Å². The van der Waals surface area contributed by atoms with E-state index in [1.807, 2.05) is 186 Å². The van der Waals surface area contributed by atoms with Gasteiger partial charge in [-0.2, -0.15) is 25.1 Å². The van der Waals surface area contributed by atoms with Gasteiger partial charge in [-0.3, -0.25) is 33.8 Å². The summed E-state index contributed by atoms with van der Waals surface area (Å²) in [5.41, 5.74) is 12.2. The van der Waals surface area contributed by atoms with E-state index in [1.54, 1.807) is 107 Å². The molecule has 0 fully saturated rings. The lowest BCUT2D eigenvalue weighted by molar-refractivity contribution is 0.583. The van der Waals surface area contributed by atoms with E-state index in [9.17, 15) is 33.7 Å². The molecule has 0 amide bonds. The molecule has 0 unspecified atom stereocenters. The second kappa shape index (κ2) is 35.8. The lowest BCUT2D eigenvalue weighted by Gasteiger charge is -2.19. The third-order valence-electron chi connectivity index (χ3n) is 20.8. The summed E-state index contributed by atoms with van der Waals surface area (Å²) in [4.78, 5) is 21.7. The lowest BCUT2D eigenvalue weighted by Crippen LogP contribution is -2.17. The van der Waals surface area contributed by atoms with Gasteiger partial charge in [-0.1, -0.05) is 192 Å². The second-order valence-corrected chi connectivity index (χ2v) is 42.2. The molecule has 29 heteroatoms. The van der Waals surface area contributed by atoms with Crippen molar-refractivity contribution in [2.24, 2.45) is 0 Å². The molecule has 0 atom stereocenters. The Bertz CT molecular complexity index is 7210. The van der Waals surface area contributed by atoms with Gasteiger partial charge in [0.25, 0.3) is 36.6 Å². The van der Waals surface area contributed by atoms with Crippen molar-refractivity contribution in [3.63, 3.8) is 0 Å². The molecule has 0 aliphatic rings. The normalized spacial score (nSPS) is 12.2. The molecule has 0 aliphatic heterocycles. The van der Waals surface area contributed by atoms with Crippen LogP contribution in [0.3, 0.4) is 0 Å². The minimum absolute atomic E-state index is 0.0218. The number of fused-ring (bicyclic) bond motifs is 4. The van der Waals surface area contributed by atoms with E-state index in [0.717, 1.165) is 76.9 Å². The molecule has 125 heavy (non-hydrogen) atoms. The van der Waals surface area contributed by atoms with E-state index in [4.69, 9.17) is 18.2 Å². The number of aromatic nitrogens is 12. The minimum atomic E-state index is -3.86. The highest BCUT2D eigenvalue weighted by molar-refractivity contribution is 7.93. The smallest absolute Gasteiger partial charge is 0.263 e. The van der Waals surface area contributed by atoms with Crippen LogP contribution in [0.4, 0.5) is 17.5 Å². The summed E-state index contributed by atoms with van der Waals surface area (Å²) >= 11 is 6.34. The van der Waals surface area contributed by atoms with E-state index >= 15 is 0 Å². The molecule has 642 valence electrons. The Morgan fingerprint density at radius 2 is 0.896 bits per heavy atom. The SMILES string of the molecule is Cc1cc(CS(=O)(=O)c2ccc(C(C)(C)C)cc2)n(Cc2cccc3cnccc23)n1.Cc1cc(NS(=O)(=O)c2ccc(C(C)(C)C)cc2)n(-c2cc3ccccc3cn2)n1.Cc1cnc2c(Cl)ccc(-n3nc(C)cc3NS(=O)(=O)c3ccc(C(C)(C)C)cc3)c2c1.[C-]#[N+]Cc1cc(NS(=O)(=O)c2ccc(C(C)(C)C)cc2)n(-c2cccc3ncccc23)n1. The first-order valence-electron chi connectivity index (χ1n) is 40.3. The molecule has 8 aromatic carbocycles. The second-order valence-electron chi connectivity index (χ2n) is 34.7. The van der Waals surface area contributed by atoms with Crippen LogP contribution in [0.15, 0.2) is 275 Å². The topological polar surface area (TPSA) is 300 Å². The number of aryl methyl sites for hydroxylation is 4. The molecule has 16 aromatic rings. The summed E-state index contributed by atoms with van der Waals surface area (Å²) in [5, 5.41) is 24.3. The predicted molar refractivity (Wildman–Crippen MR) is 498 cm³/mol. The molecular weight excluding hydrogens is 1670 g/mol. The van der Waals surface area contributed by atoms with Crippen LogP contribution in [0.1, 0.15) is 145 Å². The van der Waals surface area contributed by atoms with Gasteiger partial charge in [-0.15, -0.1) is 0 Å². The molecule has 16 rings (SSSR count). The zero-order valence-electron chi connectivity index (χ0n) is 72.5. The minimum Gasteiger partial charge on any atom is -0.310 e. The monoisotopic (exact) mass is 1770 g/mol. The fourth-order valence-electron chi connectivity index (χ4n) is 14.0. The van der Waals surface area contributed by atoms with Crippen molar-refractivity contribution in [2.75, 3.05) is 14.2 Å². The predicted octanol–water partition coefficient (Wildman–Crippen LogP) is 20.6. The lowest BCUT2D eigenvalue weighted by atomic mass is 9.87. The first kappa shape index (κ1) is 90.0. The third kappa shape index (κ3) is 21.2. The van der Waals surface area contributed by atoms with Gasteiger partial charge in [-0.05, 0) is 203 Å². The first-order valence-corrected chi connectivity index (χ1v) is 46.8. The molecule has 0 saturated carbocycles. The Balaban J connectivity index is 0.000000143. The van der Waals surface area contributed by atoms with Crippen LogP contribution in [0.25, 0.3) is 65.4 Å². The quantitative estimate of drug-likeness (QED) is 0.0673. The molecule has 8 aromatic heterocycles. The number of sulfone groups is 1. The number of pyridine rings is 4. The molecule has 0 saturated heterocycles. The third-order valence-corrected chi connectivity index (χ3v) is 26.9. The number of sulfonamides is 3. The van der Waals surface area contributed by atoms with Gasteiger partial charge in [0.1, 0.15) is 23.1 Å². The van der Waals surface area contributed by atoms with Crippen molar-refractivity contribution in [1.29, 1.82) is 0 Å². The molecule has 0 radical (unpaired) electrons. The first-order chi connectivity index (χ1) is 58.9. The van der Waals surface area contributed by atoms with Gasteiger partial charge < -0.3 is 4.85 Å². The number of nitrogens with one attached hydrogen (secondary N) is 3. The van der Waals surface area contributed by atoms with Crippen LogP contribution in [-0.2, 0) is 80.4 Å². The Kier molecular flexibility index (Phi) is 25.8. The summed E-state index contributed by atoms with van der Waals surface area (Å²) in [6.07, 6.45) is 8.80. The zero-order chi connectivity index (χ0) is 89.9. The average Bonchev–Trinajstić information content (AvgIpc) is 1.69. The Morgan fingerprint density at radius 1 is 0.408 bits per heavy atom. The number of nitrogens with zero attached hydrogens (tertiary/aromatic N) is 13. The van der Waals surface area contributed by atoms with Crippen LogP contribution in [0, 0.1) is 34.3 Å². The highest BCUT2D eigenvalue weighted by Crippen LogP contribution is 2.36. The highest BCUT2D eigenvalue weighted by atomic mass is 35.5. The van der Waals surface area contributed by atoms with Crippen LogP contribution >= 0.6 is 11.6 Å². The standard InChI is InChI=1S/C25H27N3O2S.C24H25ClN4O2S.C24H23N5O2S.C23H24N4O2S/c1-18-14-22(17-31(29,30)23-10-8-21(9-11-23)25(2,3)4)28(27-18)16-20-7-5-6-19-15-26-13-12-24(19)20;1-15-12-19-21(11-10-20(25)23(19)26-14-15)29-22(13-16(2)27-29)28-32(30,31)18-8-6-17(7-9-18)24(3,4)5;1-24(2,3)17-10-12-19(13-11-17)32(30,31)28-23-15-18(16-25-4)27-29(23)22-9-5-8-21-20(22)7-6-14-26-21;1-16-13-22(26-30(28,29)20-11-9-19(10-12-20)23(2,3)4)27(25-16)21-14-17-7-5-6-8-18(17)15-24-21/h5-15H,16-17H2,1-4H3;6-14,28H,1-5H3;5-15,28H,16H2,1-3H3;5-15,26H,1-4H3. The van der Waals surface area contributed by atoms with Crippen LogP contribution < -0.4 is 14.2 Å². The van der Waals surface area contributed by atoms with E-state index in [-0.39, 0.29) is 54.5 Å².